The molecule has 2 aliphatic rings. The van der Waals surface area contributed by atoms with Gasteiger partial charge in [0.2, 0.25) is 5.91 Å². The Labute approximate surface area is 109 Å². The fourth-order valence-corrected chi connectivity index (χ4v) is 2.66. The third kappa shape index (κ3) is 2.02. The highest BCUT2D eigenvalue weighted by Gasteiger charge is 2.53. The van der Waals surface area contributed by atoms with Gasteiger partial charge in [0.05, 0.1) is 18.1 Å². The Morgan fingerprint density at radius 1 is 1.05 bits per heavy atom. The fraction of sp³-hybridized carbons (Fsp3) is 0.286. The summed E-state index contributed by atoms with van der Waals surface area (Å²) in [6.07, 6.45) is 2.55. The number of para-hydroxylation sites is 1. The van der Waals surface area contributed by atoms with Crippen molar-refractivity contribution >= 4 is 17.6 Å². The van der Waals surface area contributed by atoms with Crippen LogP contribution in [0.25, 0.3) is 0 Å². The van der Waals surface area contributed by atoms with E-state index in [1.165, 1.54) is 0 Å². The van der Waals surface area contributed by atoms with Gasteiger partial charge in [-0.1, -0.05) is 30.4 Å². The summed E-state index contributed by atoms with van der Waals surface area (Å²) < 4.78 is 5.46. The van der Waals surface area contributed by atoms with Crippen LogP contribution in [-0.2, 0) is 14.3 Å². The number of carboxylic acid groups (broad SMARTS) is 1. The summed E-state index contributed by atoms with van der Waals surface area (Å²) in [7, 11) is 0. The zero-order valence-corrected chi connectivity index (χ0v) is 10.0. The molecule has 0 aliphatic carbocycles. The largest absolute Gasteiger partial charge is 0.481 e. The number of carbonyl (C=O) groups excluding carboxylic acids is 1. The molecule has 2 heterocycles. The number of carboxylic acids is 1. The lowest BCUT2D eigenvalue weighted by atomic mass is 9.82. The second-order valence-corrected chi connectivity index (χ2v) is 4.70. The van der Waals surface area contributed by atoms with Crippen molar-refractivity contribution in [1.82, 2.24) is 0 Å². The lowest BCUT2D eigenvalue weighted by Crippen LogP contribution is -2.39. The third-order valence-corrected chi connectivity index (χ3v) is 3.53. The molecular formula is C14H13NO4. The van der Waals surface area contributed by atoms with Crippen molar-refractivity contribution < 1.29 is 19.4 Å². The summed E-state index contributed by atoms with van der Waals surface area (Å²) in [6, 6.07) is 8.98. The molecule has 0 unspecified atom stereocenters. The zero-order chi connectivity index (χ0) is 13.4. The van der Waals surface area contributed by atoms with Crippen LogP contribution in [0, 0.1) is 11.8 Å². The number of nitrogens with one attached hydrogen (secondary N) is 1. The molecule has 2 N–H and O–H groups in total. The van der Waals surface area contributed by atoms with Crippen LogP contribution in [0.5, 0.6) is 0 Å². The van der Waals surface area contributed by atoms with E-state index in [4.69, 9.17) is 4.74 Å². The predicted molar refractivity (Wildman–Crippen MR) is 67.5 cm³/mol. The first-order valence-corrected chi connectivity index (χ1v) is 6.09. The van der Waals surface area contributed by atoms with Crippen molar-refractivity contribution in [2.45, 2.75) is 12.2 Å². The van der Waals surface area contributed by atoms with E-state index >= 15 is 0 Å². The minimum atomic E-state index is -0.995. The number of ether oxygens (including phenoxy) is 1. The number of benzene rings is 1. The van der Waals surface area contributed by atoms with Crippen LogP contribution < -0.4 is 5.32 Å². The SMILES string of the molecule is O=C(O)[C@H]1[C@H](C(=O)Nc2ccccc2)[C@H]2C=C[C@H]1O2. The van der Waals surface area contributed by atoms with E-state index in [9.17, 15) is 14.7 Å². The van der Waals surface area contributed by atoms with E-state index in [0.29, 0.717) is 5.69 Å². The molecule has 98 valence electrons. The van der Waals surface area contributed by atoms with Crippen molar-refractivity contribution in [1.29, 1.82) is 0 Å². The van der Waals surface area contributed by atoms with Gasteiger partial charge in [-0.3, -0.25) is 9.59 Å². The molecule has 1 saturated heterocycles. The van der Waals surface area contributed by atoms with Crippen LogP contribution in [0.2, 0.25) is 0 Å². The maximum absolute atomic E-state index is 12.2. The number of fused-ring (bicyclic) bond motifs is 2. The summed E-state index contributed by atoms with van der Waals surface area (Å²) in [4.78, 5) is 23.5. The molecule has 1 fully saturated rings. The Bertz CT molecular complexity index is 540. The Hall–Kier alpha value is -2.14. The Balaban J connectivity index is 1.79. The van der Waals surface area contributed by atoms with Crippen LogP contribution in [0.4, 0.5) is 5.69 Å². The molecule has 2 aliphatic heterocycles. The number of amides is 1. The quantitative estimate of drug-likeness (QED) is 0.802. The van der Waals surface area contributed by atoms with Gasteiger partial charge in [0.15, 0.2) is 0 Å². The standard InChI is InChI=1S/C14H13NO4/c16-13(15-8-4-2-1-3-5-8)11-9-6-7-10(19-9)12(11)14(17)18/h1-7,9-12H,(H,15,16)(H,17,18)/t9-,10-,11-,12-/m1/s1. The van der Waals surface area contributed by atoms with E-state index in [0.717, 1.165) is 0 Å². The first kappa shape index (κ1) is 11.9. The third-order valence-electron chi connectivity index (χ3n) is 3.53. The molecule has 0 spiro atoms. The maximum Gasteiger partial charge on any atom is 0.310 e. The van der Waals surface area contributed by atoms with Gasteiger partial charge < -0.3 is 15.2 Å². The highest BCUT2D eigenvalue weighted by molar-refractivity contribution is 5.96. The predicted octanol–water partition coefficient (Wildman–Crippen LogP) is 1.28. The normalized spacial score (nSPS) is 31.4. The summed E-state index contributed by atoms with van der Waals surface area (Å²) in [5.41, 5.74) is 0.656. The van der Waals surface area contributed by atoms with Crippen LogP contribution in [0.1, 0.15) is 0 Å². The van der Waals surface area contributed by atoms with Crippen LogP contribution >= 0.6 is 0 Å². The number of aliphatic carboxylic acids is 1. The van der Waals surface area contributed by atoms with Gasteiger partial charge in [0, 0.05) is 5.69 Å². The van der Waals surface area contributed by atoms with E-state index in [2.05, 4.69) is 5.32 Å². The average molecular weight is 259 g/mol. The van der Waals surface area contributed by atoms with Crippen molar-refractivity contribution in [3.8, 4) is 0 Å². The molecular weight excluding hydrogens is 246 g/mol. The van der Waals surface area contributed by atoms with E-state index < -0.39 is 30.0 Å². The highest BCUT2D eigenvalue weighted by atomic mass is 16.5. The summed E-state index contributed by atoms with van der Waals surface area (Å²) in [5.74, 6) is -2.79. The van der Waals surface area contributed by atoms with Crippen LogP contribution in [0.15, 0.2) is 42.5 Å². The summed E-state index contributed by atoms with van der Waals surface area (Å²) in [5, 5.41) is 12.0. The lowest BCUT2D eigenvalue weighted by Gasteiger charge is -2.20. The van der Waals surface area contributed by atoms with E-state index in [1.807, 2.05) is 18.2 Å². The molecule has 0 saturated carbocycles. The molecule has 19 heavy (non-hydrogen) atoms. The molecule has 1 aromatic carbocycles. The smallest absolute Gasteiger partial charge is 0.310 e. The molecule has 3 rings (SSSR count). The van der Waals surface area contributed by atoms with Gasteiger partial charge in [-0.05, 0) is 12.1 Å². The maximum atomic E-state index is 12.2. The van der Waals surface area contributed by atoms with Gasteiger partial charge in [0.1, 0.15) is 5.92 Å². The second kappa shape index (κ2) is 4.51. The number of anilines is 1. The number of hydrogen-bond donors (Lipinski definition) is 2. The average Bonchev–Trinajstić information content (AvgIpc) is 2.99. The van der Waals surface area contributed by atoms with Gasteiger partial charge >= 0.3 is 5.97 Å². The van der Waals surface area contributed by atoms with Crippen LogP contribution in [-0.4, -0.2) is 29.2 Å². The van der Waals surface area contributed by atoms with Crippen molar-refractivity contribution in [2.24, 2.45) is 11.8 Å². The van der Waals surface area contributed by atoms with Gasteiger partial charge in [-0.2, -0.15) is 0 Å². The highest BCUT2D eigenvalue weighted by Crippen LogP contribution is 2.39. The molecule has 5 heteroatoms. The summed E-state index contributed by atoms with van der Waals surface area (Å²) in [6.45, 7) is 0. The van der Waals surface area contributed by atoms with Crippen molar-refractivity contribution in [3.63, 3.8) is 0 Å². The monoisotopic (exact) mass is 259 g/mol. The zero-order valence-electron chi connectivity index (χ0n) is 10.0. The number of carbonyl (C=O) groups is 2. The molecule has 0 radical (unpaired) electrons. The van der Waals surface area contributed by atoms with Gasteiger partial charge in [0.25, 0.3) is 0 Å². The molecule has 0 aromatic heterocycles. The topological polar surface area (TPSA) is 75.6 Å². The first-order chi connectivity index (χ1) is 9.16. The Kier molecular flexibility index (Phi) is 2.83. The molecule has 4 atom stereocenters. The minimum absolute atomic E-state index is 0.310. The van der Waals surface area contributed by atoms with Crippen LogP contribution in [0.3, 0.4) is 0 Å². The number of rotatable bonds is 3. The lowest BCUT2D eigenvalue weighted by molar-refractivity contribution is -0.145. The van der Waals surface area contributed by atoms with Gasteiger partial charge in [-0.25, -0.2) is 0 Å². The molecule has 1 aromatic rings. The minimum Gasteiger partial charge on any atom is -0.481 e. The fourth-order valence-electron chi connectivity index (χ4n) is 2.66. The van der Waals surface area contributed by atoms with E-state index in [-0.39, 0.29) is 5.91 Å². The Morgan fingerprint density at radius 3 is 2.32 bits per heavy atom. The summed E-state index contributed by atoms with van der Waals surface area (Å²) >= 11 is 0. The second-order valence-electron chi connectivity index (χ2n) is 4.70. The van der Waals surface area contributed by atoms with Crippen molar-refractivity contribution in [3.05, 3.63) is 42.5 Å². The molecule has 5 nitrogen and oxygen atoms in total. The first-order valence-electron chi connectivity index (χ1n) is 6.09. The Morgan fingerprint density at radius 2 is 1.68 bits per heavy atom. The van der Waals surface area contributed by atoms with Gasteiger partial charge in [-0.15, -0.1) is 0 Å². The molecule has 1 amide bonds. The van der Waals surface area contributed by atoms with Crippen molar-refractivity contribution in [2.75, 3.05) is 5.32 Å². The number of hydrogen-bond acceptors (Lipinski definition) is 3. The molecule has 2 bridgehead atoms. The van der Waals surface area contributed by atoms with E-state index in [1.54, 1.807) is 24.3 Å².